The molecule has 0 bridgehead atoms. The molecule has 6 nitrogen and oxygen atoms in total. The second kappa shape index (κ2) is 8.81. The van der Waals surface area contributed by atoms with Crippen LogP contribution in [-0.2, 0) is 16.0 Å². The van der Waals surface area contributed by atoms with E-state index in [-0.39, 0.29) is 43.9 Å². The summed E-state index contributed by atoms with van der Waals surface area (Å²) in [5, 5.41) is 22.6. The highest BCUT2D eigenvalue weighted by Gasteiger charge is 2.44. The number of hydrogen-bond donors (Lipinski definition) is 3. The number of fused-ring (bicyclic) bond motifs is 1. The summed E-state index contributed by atoms with van der Waals surface area (Å²) in [4.78, 5) is 15.2. The number of amides is 1. The molecule has 7 heteroatoms. The summed E-state index contributed by atoms with van der Waals surface area (Å²) in [5.74, 6) is -0.489. The van der Waals surface area contributed by atoms with Gasteiger partial charge < -0.3 is 25.2 Å². The van der Waals surface area contributed by atoms with Crippen LogP contribution in [0.5, 0.6) is 0 Å². The van der Waals surface area contributed by atoms with E-state index in [1.54, 1.807) is 17.0 Å². The highest BCUT2D eigenvalue weighted by molar-refractivity contribution is 5.82. The molecule has 1 amide bonds. The van der Waals surface area contributed by atoms with Crippen molar-refractivity contribution in [2.24, 2.45) is 0 Å². The second-order valence-electron chi connectivity index (χ2n) is 8.06. The topological polar surface area (TPSA) is 82.0 Å². The lowest BCUT2D eigenvalue weighted by Gasteiger charge is -2.39. The maximum absolute atomic E-state index is 13.5. The summed E-state index contributed by atoms with van der Waals surface area (Å²) in [6, 6.07) is 13.9. The van der Waals surface area contributed by atoms with Gasteiger partial charge in [-0.25, -0.2) is 4.39 Å². The molecule has 2 heterocycles. The number of benzene rings is 2. The summed E-state index contributed by atoms with van der Waals surface area (Å²) in [5.41, 5.74) is 1.90. The highest BCUT2D eigenvalue weighted by atomic mass is 19.1. The zero-order valence-electron chi connectivity index (χ0n) is 16.8. The Bertz CT molecular complexity index is 891. The van der Waals surface area contributed by atoms with Crippen LogP contribution in [0.1, 0.15) is 29.2 Å². The second-order valence-corrected chi connectivity index (χ2v) is 8.06. The highest BCUT2D eigenvalue weighted by Crippen LogP contribution is 2.37. The number of hydrogen-bond acceptors (Lipinski definition) is 5. The molecule has 1 fully saturated rings. The Balaban J connectivity index is 1.58. The molecule has 3 N–H and O–H groups in total. The van der Waals surface area contributed by atoms with Gasteiger partial charge in [-0.3, -0.25) is 4.79 Å². The first-order valence-corrected chi connectivity index (χ1v) is 10.3. The molecule has 0 aromatic heterocycles. The number of nitrogens with one attached hydrogen (secondary N) is 1. The molecule has 0 aliphatic carbocycles. The minimum atomic E-state index is -1.14. The average Bonchev–Trinajstić information content (AvgIpc) is 3.15. The molecule has 30 heavy (non-hydrogen) atoms. The van der Waals surface area contributed by atoms with Crippen molar-refractivity contribution in [1.29, 1.82) is 0 Å². The van der Waals surface area contributed by atoms with Crippen LogP contribution >= 0.6 is 0 Å². The van der Waals surface area contributed by atoms with Gasteiger partial charge >= 0.3 is 0 Å². The van der Waals surface area contributed by atoms with Gasteiger partial charge in [0.05, 0.1) is 19.3 Å². The van der Waals surface area contributed by atoms with Crippen LogP contribution < -0.4 is 5.32 Å². The van der Waals surface area contributed by atoms with Crippen LogP contribution in [0.3, 0.4) is 0 Å². The quantitative estimate of drug-likeness (QED) is 0.623. The van der Waals surface area contributed by atoms with Gasteiger partial charge in [0.15, 0.2) is 0 Å². The van der Waals surface area contributed by atoms with Crippen LogP contribution in [0.2, 0.25) is 0 Å². The first-order chi connectivity index (χ1) is 14.5. The van der Waals surface area contributed by atoms with Gasteiger partial charge in [-0.2, -0.15) is 0 Å². The van der Waals surface area contributed by atoms with E-state index in [0.717, 1.165) is 17.5 Å². The fourth-order valence-corrected chi connectivity index (χ4v) is 4.39. The Morgan fingerprint density at radius 1 is 1.23 bits per heavy atom. The fraction of sp³-hybridized carbons (Fsp3) is 0.435. The Hall–Kier alpha value is -2.32. The van der Waals surface area contributed by atoms with Crippen molar-refractivity contribution in [3.8, 4) is 0 Å². The van der Waals surface area contributed by atoms with Crippen LogP contribution in [0.15, 0.2) is 48.5 Å². The third-order valence-corrected chi connectivity index (χ3v) is 5.89. The minimum Gasteiger partial charge on any atom is -0.395 e. The largest absolute Gasteiger partial charge is 0.395 e. The predicted octanol–water partition coefficient (Wildman–Crippen LogP) is 1.40. The number of aliphatic hydroxyl groups is 2. The van der Waals surface area contributed by atoms with Crippen molar-refractivity contribution in [1.82, 2.24) is 10.2 Å². The molecule has 0 spiro atoms. The molecule has 2 aliphatic rings. The lowest BCUT2D eigenvalue weighted by Crippen LogP contribution is -2.46. The molecule has 0 radical (unpaired) electrons. The van der Waals surface area contributed by atoms with Gasteiger partial charge in [0.1, 0.15) is 17.5 Å². The molecule has 3 atom stereocenters. The maximum Gasteiger partial charge on any atom is 0.252 e. The number of aliphatic hydroxyl groups excluding tert-OH is 1. The fourth-order valence-electron chi connectivity index (χ4n) is 4.39. The predicted molar refractivity (Wildman–Crippen MR) is 109 cm³/mol. The number of halogens is 1. The van der Waals surface area contributed by atoms with Gasteiger partial charge in [0.2, 0.25) is 0 Å². The summed E-state index contributed by atoms with van der Waals surface area (Å²) in [7, 11) is 0. The Labute approximate surface area is 175 Å². The van der Waals surface area contributed by atoms with E-state index < -0.39 is 11.7 Å². The average molecular weight is 414 g/mol. The van der Waals surface area contributed by atoms with Gasteiger partial charge in [-0.1, -0.05) is 36.4 Å². The van der Waals surface area contributed by atoms with E-state index in [0.29, 0.717) is 13.1 Å². The summed E-state index contributed by atoms with van der Waals surface area (Å²) < 4.78 is 19.2. The molecule has 0 saturated carbocycles. The zero-order valence-corrected chi connectivity index (χ0v) is 16.8. The van der Waals surface area contributed by atoms with E-state index in [9.17, 15) is 14.3 Å². The van der Waals surface area contributed by atoms with E-state index in [1.165, 1.54) is 17.7 Å². The van der Waals surface area contributed by atoms with E-state index in [1.807, 2.05) is 18.2 Å². The standard InChI is InChI=1S/C23H27FN2O4/c24-18-7-5-17(6-8-18)21-19-4-2-1-3-16(19)9-11-26(21)22(28)20-13-23(29,15-30-20)14-25-10-12-27/h1-8,20-21,25,27,29H,9-15H2/t20-,21+,23+/m1/s1. The minimum absolute atomic E-state index is 0.0220. The molecule has 2 aliphatic heterocycles. The van der Waals surface area contributed by atoms with Crippen molar-refractivity contribution in [2.75, 3.05) is 32.8 Å². The maximum atomic E-state index is 13.5. The Morgan fingerprint density at radius 3 is 2.77 bits per heavy atom. The SMILES string of the molecule is O=C([C@H]1C[C@](O)(CNCCO)CO1)N1CCc2ccccc2[C@@H]1c1ccc(F)cc1. The molecule has 160 valence electrons. The van der Waals surface area contributed by atoms with Gasteiger partial charge in [-0.15, -0.1) is 0 Å². The monoisotopic (exact) mass is 414 g/mol. The molecular weight excluding hydrogens is 387 g/mol. The number of carbonyl (C=O) groups is 1. The molecule has 2 aromatic rings. The van der Waals surface area contributed by atoms with Gasteiger partial charge in [0.25, 0.3) is 5.91 Å². The van der Waals surface area contributed by atoms with Crippen molar-refractivity contribution in [3.63, 3.8) is 0 Å². The van der Waals surface area contributed by atoms with E-state index in [2.05, 4.69) is 11.4 Å². The Morgan fingerprint density at radius 2 is 2.00 bits per heavy atom. The normalized spacial score (nSPS) is 25.9. The molecule has 0 unspecified atom stereocenters. The van der Waals surface area contributed by atoms with Gasteiger partial charge in [-0.05, 0) is 35.2 Å². The third-order valence-electron chi connectivity index (χ3n) is 5.89. The lowest BCUT2D eigenvalue weighted by molar-refractivity contribution is -0.143. The Kier molecular flexibility index (Phi) is 6.15. The van der Waals surface area contributed by atoms with Crippen LogP contribution in [-0.4, -0.2) is 65.6 Å². The van der Waals surface area contributed by atoms with E-state index >= 15 is 0 Å². The van der Waals surface area contributed by atoms with E-state index in [4.69, 9.17) is 9.84 Å². The summed E-state index contributed by atoms with van der Waals surface area (Å²) in [6.45, 7) is 1.19. The molecule has 4 rings (SSSR count). The summed E-state index contributed by atoms with van der Waals surface area (Å²) >= 11 is 0. The number of ether oxygens (including phenoxy) is 1. The van der Waals surface area contributed by atoms with Crippen molar-refractivity contribution >= 4 is 5.91 Å². The number of rotatable bonds is 6. The smallest absolute Gasteiger partial charge is 0.252 e. The van der Waals surface area contributed by atoms with Crippen LogP contribution in [0, 0.1) is 5.82 Å². The van der Waals surface area contributed by atoms with Crippen molar-refractivity contribution in [2.45, 2.75) is 30.6 Å². The van der Waals surface area contributed by atoms with Crippen LogP contribution in [0.4, 0.5) is 4.39 Å². The molecular formula is C23H27FN2O4. The lowest BCUT2D eigenvalue weighted by atomic mass is 9.87. The number of carbonyl (C=O) groups excluding carboxylic acids is 1. The van der Waals surface area contributed by atoms with Crippen molar-refractivity contribution in [3.05, 3.63) is 71.0 Å². The first-order valence-electron chi connectivity index (χ1n) is 10.3. The first kappa shape index (κ1) is 20.9. The third kappa shape index (κ3) is 4.25. The van der Waals surface area contributed by atoms with Crippen LogP contribution in [0.25, 0.3) is 0 Å². The summed E-state index contributed by atoms with van der Waals surface area (Å²) in [6.07, 6.45) is 0.187. The molecule has 2 aromatic carbocycles. The zero-order chi connectivity index (χ0) is 21.1. The van der Waals surface area contributed by atoms with Gasteiger partial charge in [0, 0.05) is 26.1 Å². The number of nitrogens with zero attached hydrogens (tertiary/aromatic N) is 1. The van der Waals surface area contributed by atoms with Crippen molar-refractivity contribution < 1.29 is 24.1 Å². The molecule has 1 saturated heterocycles.